The van der Waals surface area contributed by atoms with E-state index < -0.39 is 4.92 Å². The van der Waals surface area contributed by atoms with Gasteiger partial charge in [0.15, 0.2) is 0 Å². The van der Waals surface area contributed by atoms with Gasteiger partial charge in [0.05, 0.1) is 4.92 Å². The van der Waals surface area contributed by atoms with Gasteiger partial charge < -0.3 is 5.32 Å². The van der Waals surface area contributed by atoms with Crippen molar-refractivity contribution < 1.29 is 4.92 Å². The molecule has 6 nitrogen and oxygen atoms in total. The molecule has 0 radical (unpaired) electrons. The molecule has 0 saturated heterocycles. The van der Waals surface area contributed by atoms with Crippen LogP contribution in [-0.4, -0.2) is 21.9 Å². The van der Waals surface area contributed by atoms with Crippen molar-refractivity contribution in [3.05, 3.63) is 21.1 Å². The smallest absolute Gasteiger partial charge is 0.348 e. The molecule has 0 saturated carbocycles. The Labute approximate surface area is 98.2 Å². The molecule has 88 valence electrons. The Morgan fingerprint density at radius 2 is 1.94 bits per heavy atom. The molecule has 7 heteroatoms. The highest BCUT2D eigenvalue weighted by Crippen LogP contribution is 2.32. The summed E-state index contributed by atoms with van der Waals surface area (Å²) in [6.45, 7) is 5.72. The topological polar surface area (TPSA) is 81.0 Å². The summed E-state index contributed by atoms with van der Waals surface area (Å²) < 4.78 is 0. The van der Waals surface area contributed by atoms with Gasteiger partial charge in [0.1, 0.15) is 5.82 Å². The maximum Gasteiger partial charge on any atom is 0.348 e. The van der Waals surface area contributed by atoms with Gasteiger partial charge in [0.25, 0.3) is 0 Å². The predicted octanol–water partition coefficient (Wildman–Crippen LogP) is 2.38. The molecule has 0 amide bonds. The summed E-state index contributed by atoms with van der Waals surface area (Å²) in [6.07, 6.45) is 0. The molecule has 1 aromatic heterocycles. The zero-order chi connectivity index (χ0) is 12.5. The molecule has 1 heterocycles. The number of hydrogen-bond acceptors (Lipinski definition) is 5. The van der Waals surface area contributed by atoms with E-state index in [9.17, 15) is 10.1 Å². The minimum absolute atomic E-state index is 0.134. The lowest BCUT2D eigenvalue weighted by molar-refractivity contribution is -0.384. The van der Waals surface area contributed by atoms with E-state index in [2.05, 4.69) is 15.3 Å². The Morgan fingerprint density at radius 1 is 1.38 bits per heavy atom. The number of aromatic nitrogens is 2. The summed E-state index contributed by atoms with van der Waals surface area (Å²) in [6, 6.07) is 0. The van der Waals surface area contributed by atoms with Gasteiger partial charge in [-0.25, -0.2) is 9.97 Å². The molecule has 0 fully saturated rings. The Balaban J connectivity index is 3.44. The normalized spacial score (nSPS) is 11.3. The van der Waals surface area contributed by atoms with Crippen LogP contribution in [-0.2, 0) is 5.41 Å². The second-order valence-corrected chi connectivity index (χ2v) is 4.65. The fraction of sp³-hybridized carbons (Fsp3) is 0.556. The fourth-order valence-electron chi connectivity index (χ4n) is 1.10. The lowest BCUT2D eigenvalue weighted by Crippen LogP contribution is -2.18. The zero-order valence-corrected chi connectivity index (χ0v) is 10.3. The Bertz CT molecular complexity index is 428. The first kappa shape index (κ1) is 12.6. The molecule has 0 atom stereocenters. The minimum Gasteiger partial charge on any atom is -0.367 e. The molecule has 0 bridgehead atoms. The summed E-state index contributed by atoms with van der Waals surface area (Å²) >= 11 is 5.78. The fourth-order valence-corrected chi connectivity index (χ4v) is 1.34. The highest BCUT2D eigenvalue weighted by molar-refractivity contribution is 6.31. The molecule has 1 aromatic rings. The number of nitrogens with zero attached hydrogens (tertiary/aromatic N) is 3. The molecule has 16 heavy (non-hydrogen) atoms. The molecule has 0 spiro atoms. The lowest BCUT2D eigenvalue weighted by atomic mass is 9.96. The average Bonchev–Trinajstić information content (AvgIpc) is 2.14. The van der Waals surface area contributed by atoms with E-state index in [1.54, 1.807) is 7.05 Å². The Hall–Kier alpha value is -1.43. The van der Waals surface area contributed by atoms with Crippen molar-refractivity contribution in [3.8, 4) is 0 Å². The van der Waals surface area contributed by atoms with Gasteiger partial charge in [-0.3, -0.25) is 10.1 Å². The molecule has 1 rings (SSSR count). The van der Waals surface area contributed by atoms with Crippen LogP contribution < -0.4 is 5.32 Å². The second kappa shape index (κ2) is 4.21. The lowest BCUT2D eigenvalue weighted by Gasteiger charge is -2.17. The SMILES string of the molecule is CNc1nc(C(C)(C)C)nc(Cl)c1[N+](=O)[O-]. The average molecular weight is 245 g/mol. The van der Waals surface area contributed by atoms with Crippen molar-refractivity contribution in [3.63, 3.8) is 0 Å². The highest BCUT2D eigenvalue weighted by Gasteiger charge is 2.27. The van der Waals surface area contributed by atoms with Crippen molar-refractivity contribution in [1.82, 2.24) is 9.97 Å². The molecular formula is C9H13ClN4O2. The third-order valence-corrected chi connectivity index (χ3v) is 2.20. The van der Waals surface area contributed by atoms with Crippen molar-refractivity contribution in [1.29, 1.82) is 0 Å². The van der Waals surface area contributed by atoms with Crippen LogP contribution in [0, 0.1) is 10.1 Å². The number of rotatable bonds is 2. The first-order valence-corrected chi connectivity index (χ1v) is 5.05. The van der Waals surface area contributed by atoms with Crippen molar-refractivity contribution in [2.24, 2.45) is 0 Å². The zero-order valence-electron chi connectivity index (χ0n) is 9.54. The van der Waals surface area contributed by atoms with Crippen LogP contribution in [0.2, 0.25) is 5.15 Å². The molecule has 1 N–H and O–H groups in total. The molecule has 0 aromatic carbocycles. The summed E-state index contributed by atoms with van der Waals surface area (Å²) in [5, 5.41) is 13.3. The van der Waals surface area contributed by atoms with E-state index >= 15 is 0 Å². The third kappa shape index (κ3) is 2.38. The number of nitrogens with one attached hydrogen (secondary N) is 1. The van der Waals surface area contributed by atoms with E-state index in [0.717, 1.165) is 0 Å². The van der Waals surface area contributed by atoms with Crippen molar-refractivity contribution in [2.75, 3.05) is 12.4 Å². The summed E-state index contributed by atoms with van der Waals surface area (Å²) in [5.74, 6) is 0.599. The summed E-state index contributed by atoms with van der Waals surface area (Å²) in [5.41, 5.74) is -0.609. The van der Waals surface area contributed by atoms with Crippen LogP contribution >= 0.6 is 11.6 Å². The first-order valence-electron chi connectivity index (χ1n) is 4.67. The number of hydrogen-bond donors (Lipinski definition) is 1. The van der Waals surface area contributed by atoms with Gasteiger partial charge >= 0.3 is 5.69 Å². The van der Waals surface area contributed by atoms with Crippen LogP contribution in [0.1, 0.15) is 26.6 Å². The quantitative estimate of drug-likeness (QED) is 0.491. The largest absolute Gasteiger partial charge is 0.367 e. The van der Waals surface area contributed by atoms with Crippen LogP contribution in [0.15, 0.2) is 0 Å². The highest BCUT2D eigenvalue weighted by atomic mass is 35.5. The van der Waals surface area contributed by atoms with Crippen LogP contribution in [0.5, 0.6) is 0 Å². The summed E-state index contributed by atoms with van der Waals surface area (Å²) in [7, 11) is 1.55. The second-order valence-electron chi connectivity index (χ2n) is 4.29. The molecule has 0 unspecified atom stereocenters. The summed E-state index contributed by atoms with van der Waals surface area (Å²) in [4.78, 5) is 18.2. The Kier molecular flexibility index (Phi) is 3.32. The van der Waals surface area contributed by atoms with E-state index in [-0.39, 0.29) is 22.1 Å². The molecule has 0 aliphatic carbocycles. The molecule has 0 aliphatic heterocycles. The third-order valence-electron chi connectivity index (χ3n) is 1.93. The van der Waals surface area contributed by atoms with Crippen LogP contribution in [0.25, 0.3) is 0 Å². The van der Waals surface area contributed by atoms with Crippen molar-refractivity contribution in [2.45, 2.75) is 26.2 Å². The molecular weight excluding hydrogens is 232 g/mol. The van der Waals surface area contributed by atoms with Crippen LogP contribution in [0.3, 0.4) is 0 Å². The number of halogens is 1. The monoisotopic (exact) mass is 244 g/mol. The van der Waals surface area contributed by atoms with Gasteiger partial charge in [-0.15, -0.1) is 0 Å². The number of anilines is 1. The maximum atomic E-state index is 10.8. The van der Waals surface area contributed by atoms with E-state index in [1.165, 1.54) is 0 Å². The van der Waals surface area contributed by atoms with Crippen molar-refractivity contribution >= 4 is 23.1 Å². The van der Waals surface area contributed by atoms with Gasteiger partial charge in [0.2, 0.25) is 11.0 Å². The maximum absolute atomic E-state index is 10.8. The van der Waals surface area contributed by atoms with E-state index in [4.69, 9.17) is 11.6 Å². The van der Waals surface area contributed by atoms with Gasteiger partial charge in [-0.2, -0.15) is 0 Å². The Morgan fingerprint density at radius 3 is 2.31 bits per heavy atom. The number of nitro groups is 1. The van der Waals surface area contributed by atoms with Gasteiger partial charge in [-0.1, -0.05) is 32.4 Å². The van der Waals surface area contributed by atoms with E-state index in [1.807, 2.05) is 20.8 Å². The van der Waals surface area contributed by atoms with Gasteiger partial charge in [-0.05, 0) is 0 Å². The van der Waals surface area contributed by atoms with Gasteiger partial charge in [0, 0.05) is 12.5 Å². The standard InChI is InChI=1S/C9H13ClN4O2/c1-9(2,3)8-12-6(10)5(14(15)16)7(11-4)13-8/h1-4H3,(H,11,12,13). The van der Waals surface area contributed by atoms with E-state index in [0.29, 0.717) is 5.82 Å². The predicted molar refractivity (Wildman–Crippen MR) is 61.9 cm³/mol. The van der Waals surface area contributed by atoms with Crippen LogP contribution in [0.4, 0.5) is 11.5 Å². The molecule has 0 aliphatic rings. The minimum atomic E-state index is -0.597. The first-order chi connectivity index (χ1) is 7.27.